The molecule has 0 aliphatic heterocycles. The van der Waals surface area contributed by atoms with Gasteiger partial charge in [0.25, 0.3) is 0 Å². The van der Waals surface area contributed by atoms with Gasteiger partial charge in [-0.2, -0.15) is 0 Å². The lowest BCUT2D eigenvalue weighted by molar-refractivity contribution is 0.415. The maximum Gasteiger partial charge on any atom is 0.143 e. The summed E-state index contributed by atoms with van der Waals surface area (Å²) in [5, 5.41) is 2.25. The molecule has 5 heteroatoms. The lowest BCUT2D eigenvalue weighted by Gasteiger charge is -1.98. The number of rotatable bonds is 1. The molecule has 0 unspecified atom stereocenters. The highest BCUT2D eigenvalue weighted by molar-refractivity contribution is 6.36. The average molecular weight is 234 g/mol. The summed E-state index contributed by atoms with van der Waals surface area (Å²) >= 11 is 6.06. The van der Waals surface area contributed by atoms with Crippen molar-refractivity contribution in [2.24, 2.45) is 0 Å². The summed E-state index contributed by atoms with van der Waals surface area (Å²) in [7, 11) is 1.63. The number of methoxy groups -OCH3 is 1. The van der Waals surface area contributed by atoms with E-state index in [-0.39, 0.29) is 0 Å². The van der Waals surface area contributed by atoms with Crippen LogP contribution in [0.5, 0.6) is 5.75 Å². The van der Waals surface area contributed by atoms with Crippen LogP contribution in [0.3, 0.4) is 0 Å². The molecule has 1 N–H and O–H groups in total. The zero-order valence-electron chi connectivity index (χ0n) is 8.49. The first-order chi connectivity index (χ1) is 7.79. The fourth-order valence-electron chi connectivity index (χ4n) is 1.79. The molecule has 3 rings (SSSR count). The van der Waals surface area contributed by atoms with Gasteiger partial charge < -0.3 is 9.72 Å². The van der Waals surface area contributed by atoms with Gasteiger partial charge in [0.2, 0.25) is 0 Å². The number of fused-ring (bicyclic) bond motifs is 3. The van der Waals surface area contributed by atoms with Crippen molar-refractivity contribution in [1.82, 2.24) is 15.0 Å². The molecule has 0 atom stereocenters. The molecule has 0 saturated heterocycles. The van der Waals surface area contributed by atoms with Gasteiger partial charge in [-0.05, 0) is 18.2 Å². The van der Waals surface area contributed by atoms with Gasteiger partial charge in [-0.25, -0.2) is 9.97 Å². The van der Waals surface area contributed by atoms with E-state index in [1.807, 2.05) is 18.2 Å². The number of H-pyrrole nitrogens is 1. The average Bonchev–Trinajstić information content (AvgIpc) is 2.67. The summed E-state index contributed by atoms with van der Waals surface area (Å²) in [5.41, 5.74) is 1.71. The first-order valence-electron chi connectivity index (χ1n) is 4.75. The molecule has 2 heterocycles. The Balaban J connectivity index is 2.50. The number of nitrogens with zero attached hydrogens (tertiary/aromatic N) is 2. The van der Waals surface area contributed by atoms with Gasteiger partial charge in [0.1, 0.15) is 22.9 Å². The van der Waals surface area contributed by atoms with Gasteiger partial charge in [-0.1, -0.05) is 11.6 Å². The molecule has 0 aliphatic carbocycles. The van der Waals surface area contributed by atoms with Crippen molar-refractivity contribution in [2.45, 2.75) is 0 Å². The molecule has 1 aromatic carbocycles. The Bertz CT molecular complexity index is 677. The number of hydrogen-bond acceptors (Lipinski definition) is 3. The molecule has 16 heavy (non-hydrogen) atoms. The second-order valence-corrected chi connectivity index (χ2v) is 3.78. The summed E-state index contributed by atoms with van der Waals surface area (Å²) in [6.45, 7) is 0. The Morgan fingerprint density at radius 1 is 1.31 bits per heavy atom. The van der Waals surface area contributed by atoms with Crippen molar-refractivity contribution >= 4 is 33.5 Å². The molecule has 4 nitrogen and oxygen atoms in total. The summed E-state index contributed by atoms with van der Waals surface area (Å²) in [4.78, 5) is 11.3. The molecule has 3 aromatic rings. The quantitative estimate of drug-likeness (QED) is 0.658. The summed E-state index contributed by atoms with van der Waals surface area (Å²) in [5.74, 6) is 0.785. The van der Waals surface area contributed by atoms with E-state index in [0.29, 0.717) is 5.15 Å². The number of aromatic nitrogens is 3. The predicted octanol–water partition coefficient (Wildman–Crippen LogP) is 2.77. The van der Waals surface area contributed by atoms with Crippen LogP contribution < -0.4 is 4.74 Å². The molecular formula is C11H8ClN3O. The number of aromatic amines is 1. The third-order valence-corrected chi connectivity index (χ3v) is 2.84. The summed E-state index contributed by atoms with van der Waals surface area (Å²) in [6, 6.07) is 5.74. The van der Waals surface area contributed by atoms with Gasteiger partial charge >= 0.3 is 0 Å². The third-order valence-electron chi connectivity index (χ3n) is 2.55. The Hall–Kier alpha value is -1.81. The van der Waals surface area contributed by atoms with Crippen LogP contribution in [0.25, 0.3) is 21.9 Å². The zero-order chi connectivity index (χ0) is 11.1. The lowest BCUT2D eigenvalue weighted by Crippen LogP contribution is -1.81. The second-order valence-electron chi connectivity index (χ2n) is 3.42. The lowest BCUT2D eigenvalue weighted by atomic mass is 10.2. The molecule has 0 bridgehead atoms. The fraction of sp³-hybridized carbons (Fsp3) is 0.0909. The van der Waals surface area contributed by atoms with E-state index in [0.717, 1.165) is 27.7 Å². The van der Waals surface area contributed by atoms with Gasteiger partial charge in [0.05, 0.1) is 12.5 Å². The van der Waals surface area contributed by atoms with Crippen molar-refractivity contribution in [3.05, 3.63) is 29.7 Å². The molecule has 2 aromatic heterocycles. The van der Waals surface area contributed by atoms with E-state index in [9.17, 15) is 0 Å². The molecule has 0 spiro atoms. The van der Waals surface area contributed by atoms with Crippen LogP contribution in [-0.4, -0.2) is 22.1 Å². The molecule has 0 amide bonds. The fourth-order valence-corrected chi connectivity index (χ4v) is 2.03. The maximum absolute atomic E-state index is 6.06. The topological polar surface area (TPSA) is 50.8 Å². The van der Waals surface area contributed by atoms with Crippen LogP contribution in [0.2, 0.25) is 5.15 Å². The van der Waals surface area contributed by atoms with Crippen LogP contribution in [0, 0.1) is 0 Å². The SMILES string of the molecule is COc1ccc2[nH]c3ncnc(Cl)c3c2c1. The Morgan fingerprint density at radius 2 is 2.19 bits per heavy atom. The minimum Gasteiger partial charge on any atom is -0.497 e. The van der Waals surface area contributed by atoms with E-state index in [4.69, 9.17) is 16.3 Å². The third kappa shape index (κ3) is 1.23. The smallest absolute Gasteiger partial charge is 0.143 e. The van der Waals surface area contributed by atoms with Crippen molar-refractivity contribution < 1.29 is 4.74 Å². The highest BCUT2D eigenvalue weighted by Crippen LogP contribution is 2.30. The van der Waals surface area contributed by atoms with Crippen LogP contribution in [0.4, 0.5) is 0 Å². The van der Waals surface area contributed by atoms with Gasteiger partial charge in [-0.15, -0.1) is 0 Å². The van der Waals surface area contributed by atoms with Crippen LogP contribution in [-0.2, 0) is 0 Å². The minimum absolute atomic E-state index is 0.449. The largest absolute Gasteiger partial charge is 0.497 e. The second kappa shape index (κ2) is 3.35. The predicted molar refractivity (Wildman–Crippen MR) is 63.0 cm³/mol. The minimum atomic E-state index is 0.449. The highest BCUT2D eigenvalue weighted by atomic mass is 35.5. The van der Waals surface area contributed by atoms with Crippen molar-refractivity contribution in [1.29, 1.82) is 0 Å². The van der Waals surface area contributed by atoms with E-state index < -0.39 is 0 Å². The molecule has 0 radical (unpaired) electrons. The summed E-state index contributed by atoms with van der Waals surface area (Å²) in [6.07, 6.45) is 1.44. The van der Waals surface area contributed by atoms with Gasteiger partial charge in [0, 0.05) is 10.9 Å². The number of hydrogen-bond donors (Lipinski definition) is 1. The zero-order valence-corrected chi connectivity index (χ0v) is 9.25. The Morgan fingerprint density at radius 3 is 3.00 bits per heavy atom. The molecule has 0 fully saturated rings. The molecular weight excluding hydrogens is 226 g/mol. The molecule has 0 saturated carbocycles. The molecule has 80 valence electrons. The van der Waals surface area contributed by atoms with Crippen LogP contribution in [0.15, 0.2) is 24.5 Å². The molecule has 0 aliphatic rings. The maximum atomic E-state index is 6.06. The van der Waals surface area contributed by atoms with Gasteiger partial charge in [0.15, 0.2) is 0 Å². The summed E-state index contributed by atoms with van der Waals surface area (Å²) < 4.78 is 5.18. The van der Waals surface area contributed by atoms with Crippen molar-refractivity contribution in [3.8, 4) is 5.75 Å². The van der Waals surface area contributed by atoms with Crippen molar-refractivity contribution in [2.75, 3.05) is 7.11 Å². The number of halogens is 1. The number of nitrogens with one attached hydrogen (secondary N) is 1. The van der Waals surface area contributed by atoms with Crippen LogP contribution >= 0.6 is 11.6 Å². The normalized spacial score (nSPS) is 11.1. The monoisotopic (exact) mass is 233 g/mol. The number of benzene rings is 1. The first kappa shape index (κ1) is 9.42. The van der Waals surface area contributed by atoms with E-state index in [1.54, 1.807) is 7.11 Å². The standard InChI is InChI=1S/C11H8ClN3O/c1-16-6-2-3-8-7(4-6)9-10(12)13-5-14-11(9)15-8/h2-5H,1H3,(H,13,14,15). The van der Waals surface area contributed by atoms with Crippen molar-refractivity contribution in [3.63, 3.8) is 0 Å². The first-order valence-corrected chi connectivity index (χ1v) is 5.13. The van der Waals surface area contributed by atoms with Gasteiger partial charge in [-0.3, -0.25) is 0 Å². The number of ether oxygens (including phenoxy) is 1. The Labute approximate surface area is 96.2 Å². The van der Waals surface area contributed by atoms with E-state index in [1.165, 1.54) is 6.33 Å². The Kier molecular flexibility index (Phi) is 1.97. The highest BCUT2D eigenvalue weighted by Gasteiger charge is 2.10. The van der Waals surface area contributed by atoms with Crippen LogP contribution in [0.1, 0.15) is 0 Å². The van der Waals surface area contributed by atoms with E-state index in [2.05, 4.69) is 15.0 Å². The van der Waals surface area contributed by atoms with E-state index >= 15 is 0 Å².